The minimum absolute atomic E-state index is 0.0246. The van der Waals surface area contributed by atoms with Crippen LogP contribution in [0.25, 0.3) is 0 Å². The van der Waals surface area contributed by atoms with Crippen molar-refractivity contribution in [2.24, 2.45) is 5.92 Å². The molecule has 0 saturated carbocycles. The molecule has 94 valence electrons. The second kappa shape index (κ2) is 4.20. The summed E-state index contributed by atoms with van der Waals surface area (Å²) in [5, 5.41) is 0. The second-order valence-electron chi connectivity index (χ2n) is 4.13. The molecule has 1 atom stereocenters. The summed E-state index contributed by atoms with van der Waals surface area (Å²) in [5.74, 6) is -1.57. The maximum atomic E-state index is 13.6. The van der Waals surface area contributed by atoms with E-state index in [1.165, 1.54) is 0 Å². The van der Waals surface area contributed by atoms with Crippen LogP contribution in [0.1, 0.15) is 6.92 Å². The van der Waals surface area contributed by atoms with Crippen LogP contribution in [0.15, 0.2) is 16.6 Å². The number of benzene rings is 1. The molecule has 1 aromatic rings. The predicted octanol–water partition coefficient (Wildman–Crippen LogP) is 2.51. The van der Waals surface area contributed by atoms with E-state index in [2.05, 4.69) is 15.9 Å². The molecule has 2 rings (SSSR count). The number of hydrogen-bond donors (Lipinski definition) is 0. The second-order valence-corrected chi connectivity index (χ2v) is 6.92. The SMILES string of the molecule is CC1CN(c2cc(F)c(Br)cc2F)S(=O)(=O)C1. The summed E-state index contributed by atoms with van der Waals surface area (Å²) in [4.78, 5) is 0. The van der Waals surface area contributed by atoms with Crippen LogP contribution in [0.5, 0.6) is 0 Å². The molecule has 1 aromatic carbocycles. The molecule has 3 nitrogen and oxygen atoms in total. The van der Waals surface area contributed by atoms with Crippen LogP contribution in [-0.4, -0.2) is 20.7 Å². The van der Waals surface area contributed by atoms with Crippen LogP contribution in [0, 0.1) is 17.6 Å². The zero-order valence-corrected chi connectivity index (χ0v) is 11.4. The van der Waals surface area contributed by atoms with Crippen molar-refractivity contribution in [1.29, 1.82) is 0 Å². The van der Waals surface area contributed by atoms with Crippen LogP contribution >= 0.6 is 15.9 Å². The van der Waals surface area contributed by atoms with Gasteiger partial charge in [-0.1, -0.05) is 6.92 Å². The lowest BCUT2D eigenvalue weighted by Gasteiger charge is -2.18. The Labute approximate surface area is 107 Å². The van der Waals surface area contributed by atoms with E-state index in [1.54, 1.807) is 6.92 Å². The fourth-order valence-corrected chi connectivity index (χ4v) is 4.09. The van der Waals surface area contributed by atoms with Crippen molar-refractivity contribution in [3.8, 4) is 0 Å². The number of anilines is 1. The third kappa shape index (κ3) is 2.30. The van der Waals surface area contributed by atoms with Gasteiger partial charge in [0.2, 0.25) is 10.0 Å². The quantitative estimate of drug-likeness (QED) is 0.744. The summed E-state index contributed by atoms with van der Waals surface area (Å²) in [6, 6.07) is 1.83. The first-order valence-corrected chi connectivity index (χ1v) is 7.36. The molecule has 1 heterocycles. The minimum atomic E-state index is -3.53. The molecule has 17 heavy (non-hydrogen) atoms. The summed E-state index contributed by atoms with van der Waals surface area (Å²) < 4.78 is 51.4. The van der Waals surface area contributed by atoms with Gasteiger partial charge in [-0.25, -0.2) is 17.2 Å². The first kappa shape index (κ1) is 12.8. The Morgan fingerprint density at radius 2 is 2.00 bits per heavy atom. The molecular weight excluding hydrogens is 316 g/mol. The van der Waals surface area contributed by atoms with Gasteiger partial charge in [-0.05, 0) is 27.9 Å². The average molecular weight is 326 g/mol. The number of hydrogen-bond acceptors (Lipinski definition) is 2. The highest BCUT2D eigenvalue weighted by atomic mass is 79.9. The molecule has 0 aromatic heterocycles. The third-order valence-electron chi connectivity index (χ3n) is 2.57. The Morgan fingerprint density at radius 1 is 1.35 bits per heavy atom. The Balaban J connectivity index is 2.52. The van der Waals surface area contributed by atoms with Gasteiger partial charge in [0.1, 0.15) is 11.6 Å². The van der Waals surface area contributed by atoms with Crippen molar-refractivity contribution in [3.63, 3.8) is 0 Å². The van der Waals surface area contributed by atoms with Gasteiger partial charge < -0.3 is 0 Å². The third-order valence-corrected chi connectivity index (χ3v) is 5.18. The minimum Gasteiger partial charge on any atom is -0.267 e. The first-order valence-electron chi connectivity index (χ1n) is 4.96. The monoisotopic (exact) mass is 325 g/mol. The van der Waals surface area contributed by atoms with E-state index in [9.17, 15) is 17.2 Å². The topological polar surface area (TPSA) is 37.4 Å². The van der Waals surface area contributed by atoms with E-state index in [-0.39, 0.29) is 28.4 Å². The highest BCUT2D eigenvalue weighted by molar-refractivity contribution is 9.10. The predicted molar refractivity (Wildman–Crippen MR) is 64.4 cm³/mol. The van der Waals surface area contributed by atoms with Gasteiger partial charge in [-0.2, -0.15) is 0 Å². The number of sulfonamides is 1. The molecule has 0 aliphatic carbocycles. The summed E-state index contributed by atoms with van der Waals surface area (Å²) in [6.45, 7) is 1.94. The Hall–Kier alpha value is -0.690. The maximum absolute atomic E-state index is 13.6. The van der Waals surface area contributed by atoms with Crippen LogP contribution < -0.4 is 4.31 Å². The summed E-state index contributed by atoms with van der Waals surface area (Å²) in [7, 11) is -3.53. The molecule has 0 spiro atoms. The lowest BCUT2D eigenvalue weighted by Crippen LogP contribution is -2.26. The van der Waals surface area contributed by atoms with Gasteiger partial charge in [0, 0.05) is 12.6 Å². The van der Waals surface area contributed by atoms with E-state index in [0.29, 0.717) is 0 Å². The molecule has 1 aliphatic heterocycles. The van der Waals surface area contributed by atoms with Crippen LogP contribution in [0.3, 0.4) is 0 Å². The molecule has 0 amide bonds. The first-order chi connectivity index (χ1) is 7.81. The van der Waals surface area contributed by atoms with Gasteiger partial charge in [0.25, 0.3) is 0 Å². The molecular formula is C10H10BrF2NO2S. The fraction of sp³-hybridized carbons (Fsp3) is 0.400. The zero-order valence-electron chi connectivity index (χ0n) is 8.95. The summed E-state index contributed by atoms with van der Waals surface area (Å²) in [6.07, 6.45) is 0. The lowest BCUT2D eigenvalue weighted by atomic mass is 10.2. The zero-order chi connectivity index (χ0) is 12.8. The molecule has 1 unspecified atom stereocenters. The normalized spacial score (nSPS) is 23.1. The van der Waals surface area contributed by atoms with E-state index in [0.717, 1.165) is 16.4 Å². The van der Waals surface area contributed by atoms with Crippen molar-refractivity contribution >= 4 is 31.6 Å². The van der Waals surface area contributed by atoms with Gasteiger partial charge in [0.05, 0.1) is 15.9 Å². The van der Waals surface area contributed by atoms with E-state index in [4.69, 9.17) is 0 Å². The van der Waals surface area contributed by atoms with Crippen molar-refractivity contribution in [2.75, 3.05) is 16.6 Å². The molecule has 1 fully saturated rings. The lowest BCUT2D eigenvalue weighted by molar-refractivity contribution is 0.586. The smallest absolute Gasteiger partial charge is 0.235 e. The Morgan fingerprint density at radius 3 is 2.53 bits per heavy atom. The molecule has 7 heteroatoms. The molecule has 0 N–H and O–H groups in total. The Kier molecular flexibility index (Phi) is 3.15. The van der Waals surface area contributed by atoms with E-state index in [1.807, 2.05) is 0 Å². The van der Waals surface area contributed by atoms with Gasteiger partial charge >= 0.3 is 0 Å². The molecule has 1 saturated heterocycles. The van der Waals surface area contributed by atoms with Crippen LogP contribution in [-0.2, 0) is 10.0 Å². The van der Waals surface area contributed by atoms with Crippen molar-refractivity contribution < 1.29 is 17.2 Å². The van der Waals surface area contributed by atoms with Gasteiger partial charge in [-0.3, -0.25) is 4.31 Å². The van der Waals surface area contributed by atoms with Crippen molar-refractivity contribution in [1.82, 2.24) is 0 Å². The van der Waals surface area contributed by atoms with Crippen LogP contribution in [0.2, 0.25) is 0 Å². The summed E-state index contributed by atoms with van der Waals surface area (Å²) >= 11 is 2.85. The molecule has 1 aliphatic rings. The largest absolute Gasteiger partial charge is 0.267 e. The number of nitrogens with zero attached hydrogens (tertiary/aromatic N) is 1. The van der Waals surface area contributed by atoms with Gasteiger partial charge in [0.15, 0.2) is 0 Å². The highest BCUT2D eigenvalue weighted by Crippen LogP contribution is 2.32. The van der Waals surface area contributed by atoms with Crippen molar-refractivity contribution in [3.05, 3.63) is 28.2 Å². The standard InChI is InChI=1S/C10H10BrF2NO2S/c1-6-4-14(17(15,16)5-6)10-3-8(12)7(11)2-9(10)13/h2-3,6H,4-5H2,1H3. The fourth-order valence-electron chi connectivity index (χ4n) is 1.85. The average Bonchev–Trinajstić information content (AvgIpc) is 2.45. The highest BCUT2D eigenvalue weighted by Gasteiger charge is 2.35. The molecule has 0 radical (unpaired) electrons. The number of halogens is 3. The summed E-state index contributed by atoms with van der Waals surface area (Å²) in [5.41, 5.74) is -0.227. The maximum Gasteiger partial charge on any atom is 0.235 e. The van der Waals surface area contributed by atoms with E-state index >= 15 is 0 Å². The molecule has 0 bridgehead atoms. The number of rotatable bonds is 1. The Bertz CT molecular complexity index is 562. The van der Waals surface area contributed by atoms with Crippen molar-refractivity contribution in [2.45, 2.75) is 6.92 Å². The van der Waals surface area contributed by atoms with Crippen LogP contribution in [0.4, 0.5) is 14.5 Å². The van der Waals surface area contributed by atoms with E-state index < -0.39 is 21.7 Å². The van der Waals surface area contributed by atoms with Gasteiger partial charge in [-0.15, -0.1) is 0 Å².